The molecule has 2 rings (SSSR count). The molecule has 0 aliphatic carbocycles. The van der Waals surface area contributed by atoms with Gasteiger partial charge in [0.1, 0.15) is 18.9 Å². The molecule has 0 radical (unpaired) electrons. The smallest absolute Gasteiger partial charge is 0.330 e. The number of ketones is 1. The fourth-order valence-corrected chi connectivity index (χ4v) is 2.08. The molecule has 140 valence electrons. The van der Waals surface area contributed by atoms with Crippen molar-refractivity contribution in [2.75, 3.05) is 13.2 Å². The molecule has 8 nitrogen and oxygen atoms in total. The number of H-pyrrole nitrogens is 1. The molecule has 0 fully saturated rings. The highest BCUT2D eigenvalue weighted by Gasteiger charge is 2.05. The molecule has 0 bridgehead atoms. The highest BCUT2D eigenvalue weighted by molar-refractivity contribution is 6.09. The largest absolute Gasteiger partial charge is 0.463 e. The van der Waals surface area contributed by atoms with Gasteiger partial charge in [-0.3, -0.25) is 23.9 Å². The van der Waals surface area contributed by atoms with Crippen LogP contribution in [0.25, 0.3) is 0 Å². The highest BCUT2D eigenvalue weighted by Crippen LogP contribution is 2.04. The predicted octanol–water partition coefficient (Wildman–Crippen LogP) is 0.617. The summed E-state index contributed by atoms with van der Waals surface area (Å²) in [4.78, 5) is 48.5. The second-order valence-electron chi connectivity index (χ2n) is 5.60. The number of ether oxygens (including phenoxy) is 2. The number of aromatic amines is 1. The minimum Gasteiger partial charge on any atom is -0.463 e. The maximum absolute atomic E-state index is 12.1. The fourth-order valence-electron chi connectivity index (χ4n) is 2.08. The van der Waals surface area contributed by atoms with Gasteiger partial charge in [0, 0.05) is 18.7 Å². The molecular weight excluding hydrogens is 352 g/mol. The van der Waals surface area contributed by atoms with E-state index in [-0.39, 0.29) is 25.5 Å². The number of esters is 1. The number of hydrogen-bond acceptors (Lipinski definition) is 6. The van der Waals surface area contributed by atoms with Crippen LogP contribution in [0, 0.1) is 18.8 Å². The molecule has 0 saturated heterocycles. The van der Waals surface area contributed by atoms with E-state index in [1.807, 2.05) is 13.0 Å². The quantitative estimate of drug-likeness (QED) is 0.346. The molecule has 0 aliphatic rings. The van der Waals surface area contributed by atoms with Gasteiger partial charge in [-0.15, -0.1) is 0 Å². The van der Waals surface area contributed by atoms with Crippen LogP contribution in [-0.2, 0) is 21.0 Å². The molecule has 0 aliphatic heterocycles. The van der Waals surface area contributed by atoms with E-state index in [4.69, 9.17) is 9.47 Å². The number of nitrogens with zero attached hydrogens (tertiary/aromatic N) is 1. The Bertz CT molecular complexity index is 1020. The highest BCUT2D eigenvalue weighted by atomic mass is 16.6. The number of aromatic nitrogens is 2. The van der Waals surface area contributed by atoms with Crippen molar-refractivity contribution in [3.63, 3.8) is 0 Å². The zero-order valence-corrected chi connectivity index (χ0v) is 14.9. The van der Waals surface area contributed by atoms with Gasteiger partial charge < -0.3 is 9.47 Å². The van der Waals surface area contributed by atoms with Crippen LogP contribution >= 0.6 is 0 Å². The average Bonchev–Trinajstić information content (AvgIpc) is 2.61. The van der Waals surface area contributed by atoms with Crippen LogP contribution in [-0.4, -0.2) is 34.5 Å². The maximum atomic E-state index is 12.1. The lowest BCUT2D eigenvalue weighted by Gasteiger charge is -2.07. The van der Waals surface area contributed by atoms with Crippen molar-refractivity contribution in [3.05, 3.63) is 68.0 Å². The van der Waals surface area contributed by atoms with E-state index in [0.29, 0.717) is 5.56 Å². The summed E-state index contributed by atoms with van der Waals surface area (Å²) >= 11 is 0. The molecule has 1 N–H and O–H groups in total. The number of aryl methyl sites for hydroxylation is 1. The van der Waals surface area contributed by atoms with Gasteiger partial charge in [-0.2, -0.15) is 0 Å². The Balaban J connectivity index is 2.12. The Morgan fingerprint density at radius 2 is 2.00 bits per heavy atom. The summed E-state index contributed by atoms with van der Waals surface area (Å²) in [5, 5.41) is 0. The molecule has 0 atom stereocenters. The van der Waals surface area contributed by atoms with E-state index >= 15 is 0 Å². The van der Waals surface area contributed by atoms with Crippen molar-refractivity contribution < 1.29 is 19.1 Å². The Morgan fingerprint density at radius 1 is 1.22 bits per heavy atom. The minimum atomic E-state index is -0.694. The van der Waals surface area contributed by atoms with Crippen molar-refractivity contribution in [2.24, 2.45) is 0 Å². The maximum Gasteiger partial charge on any atom is 0.330 e. The average molecular weight is 370 g/mol. The van der Waals surface area contributed by atoms with Crippen LogP contribution in [0.1, 0.15) is 28.4 Å². The van der Waals surface area contributed by atoms with Crippen molar-refractivity contribution >= 4 is 11.8 Å². The van der Waals surface area contributed by atoms with Gasteiger partial charge >= 0.3 is 11.7 Å². The molecule has 0 amide bonds. The molecule has 2 aromatic rings. The third-order valence-electron chi connectivity index (χ3n) is 3.37. The molecule has 8 heteroatoms. The normalized spacial score (nSPS) is 10.0. The first-order chi connectivity index (χ1) is 12.9. The third kappa shape index (κ3) is 6.09. The number of Topliss-reactive ketones (excluding diaryl/α,β-unsaturated/α-hetero) is 1. The third-order valence-corrected chi connectivity index (χ3v) is 3.37. The van der Waals surface area contributed by atoms with Gasteiger partial charge in [-0.05, 0) is 18.9 Å². The fraction of sp³-hybridized carbons (Fsp3) is 0.263. The van der Waals surface area contributed by atoms with Gasteiger partial charge in [0.25, 0.3) is 5.56 Å². The summed E-state index contributed by atoms with van der Waals surface area (Å²) in [7, 11) is 0. The summed E-state index contributed by atoms with van der Waals surface area (Å²) in [6.45, 7) is 3.09. The lowest BCUT2D eigenvalue weighted by Crippen LogP contribution is -2.32. The van der Waals surface area contributed by atoms with E-state index in [1.165, 1.54) is 13.1 Å². The number of benzene rings is 1. The van der Waals surface area contributed by atoms with Crippen LogP contribution in [0.5, 0.6) is 0 Å². The zero-order chi connectivity index (χ0) is 19.8. The summed E-state index contributed by atoms with van der Waals surface area (Å²) in [6.07, 6.45) is 1.21. The van der Waals surface area contributed by atoms with Crippen LogP contribution in [0.3, 0.4) is 0 Å². The molecule has 0 saturated carbocycles. The Morgan fingerprint density at radius 3 is 2.70 bits per heavy atom. The van der Waals surface area contributed by atoms with E-state index in [1.54, 1.807) is 18.2 Å². The second-order valence-corrected chi connectivity index (χ2v) is 5.60. The van der Waals surface area contributed by atoms with Gasteiger partial charge in [0.05, 0.1) is 6.61 Å². The summed E-state index contributed by atoms with van der Waals surface area (Å²) in [5.74, 6) is 4.01. The van der Waals surface area contributed by atoms with E-state index in [9.17, 15) is 19.2 Å². The summed E-state index contributed by atoms with van der Waals surface area (Å²) in [6, 6.07) is 6.92. The minimum absolute atomic E-state index is 0.0424. The molecule has 27 heavy (non-hydrogen) atoms. The van der Waals surface area contributed by atoms with E-state index in [0.717, 1.165) is 10.1 Å². The first-order valence-corrected chi connectivity index (χ1v) is 8.04. The topological polar surface area (TPSA) is 107 Å². The lowest BCUT2D eigenvalue weighted by atomic mass is 10.1. The second kappa shape index (κ2) is 9.31. The van der Waals surface area contributed by atoms with Crippen LogP contribution in [0.4, 0.5) is 0 Å². The van der Waals surface area contributed by atoms with Crippen LogP contribution in [0.2, 0.25) is 0 Å². The molecule has 1 aromatic carbocycles. The monoisotopic (exact) mass is 370 g/mol. The van der Waals surface area contributed by atoms with E-state index in [2.05, 4.69) is 16.8 Å². The van der Waals surface area contributed by atoms with Crippen molar-refractivity contribution in [3.8, 4) is 11.8 Å². The van der Waals surface area contributed by atoms with Crippen LogP contribution < -0.4 is 11.2 Å². The molecule has 1 heterocycles. The van der Waals surface area contributed by atoms with Crippen molar-refractivity contribution in [2.45, 2.75) is 20.6 Å². The Kier molecular flexibility index (Phi) is 6.86. The number of rotatable bonds is 6. The number of carbonyl (C=O) groups excluding carboxylic acids is 2. The van der Waals surface area contributed by atoms with E-state index < -0.39 is 23.0 Å². The van der Waals surface area contributed by atoms with Crippen LogP contribution in [0.15, 0.2) is 40.1 Å². The Labute approximate surface area is 154 Å². The molecule has 1 aromatic heterocycles. The number of carbonyl (C=O) groups is 2. The summed E-state index contributed by atoms with van der Waals surface area (Å²) < 4.78 is 11.0. The van der Waals surface area contributed by atoms with Gasteiger partial charge in [0.15, 0.2) is 0 Å². The van der Waals surface area contributed by atoms with Gasteiger partial charge in [-0.1, -0.05) is 29.7 Å². The molecule has 0 unspecified atom stereocenters. The van der Waals surface area contributed by atoms with Crippen molar-refractivity contribution in [1.29, 1.82) is 0 Å². The first-order valence-electron chi connectivity index (χ1n) is 8.04. The van der Waals surface area contributed by atoms with Gasteiger partial charge in [0.2, 0.25) is 5.78 Å². The molecular formula is C19H18N2O6. The first kappa shape index (κ1) is 19.9. The summed E-state index contributed by atoms with van der Waals surface area (Å²) in [5.41, 5.74) is -0.0797. The zero-order valence-electron chi connectivity index (χ0n) is 14.9. The number of nitrogens with one attached hydrogen (secondary N) is 1. The number of hydrogen-bond donors (Lipinski definition) is 1. The standard InChI is InChI=1S/C19H18N2O6/c1-13-4-3-5-15(10-13)17(23)7-6-16-11-21(19(25)20-18(16)24)12-26-8-9-27-14(2)22/h3-5,10-11H,8-9,12H2,1-2H3,(H,20,24,25). The molecule has 0 spiro atoms. The lowest BCUT2D eigenvalue weighted by molar-refractivity contribution is -0.142. The van der Waals surface area contributed by atoms with Gasteiger partial charge in [-0.25, -0.2) is 4.79 Å². The SMILES string of the molecule is CC(=O)OCCOCn1cc(C#CC(=O)c2cccc(C)c2)c(=O)[nH]c1=O. The van der Waals surface area contributed by atoms with Crippen molar-refractivity contribution in [1.82, 2.24) is 9.55 Å². The predicted molar refractivity (Wildman–Crippen MR) is 96.3 cm³/mol. The Hall–Kier alpha value is -3.44.